The van der Waals surface area contributed by atoms with E-state index < -0.39 is 0 Å². The van der Waals surface area contributed by atoms with Gasteiger partial charge in [0.1, 0.15) is 5.82 Å². The first-order chi connectivity index (χ1) is 13.8. The van der Waals surface area contributed by atoms with Crippen LogP contribution in [0.1, 0.15) is 5.56 Å². The minimum Gasteiger partial charge on any atom is -0.367 e. The number of carbonyl (C=O) groups excluding carboxylic acids is 1. The molecule has 6 nitrogen and oxygen atoms in total. The van der Waals surface area contributed by atoms with Crippen LogP contribution in [0, 0.1) is 0 Å². The second kappa shape index (κ2) is 8.35. The normalized spacial score (nSPS) is 10.7. The summed E-state index contributed by atoms with van der Waals surface area (Å²) in [4.78, 5) is 12.3. The Labute approximate surface area is 163 Å². The maximum absolute atomic E-state index is 12.3. The molecule has 6 heteroatoms. The van der Waals surface area contributed by atoms with Crippen LogP contribution in [0.5, 0.6) is 0 Å². The van der Waals surface area contributed by atoms with Crippen molar-refractivity contribution < 1.29 is 4.79 Å². The van der Waals surface area contributed by atoms with Crippen LogP contribution < -0.4 is 10.6 Å². The highest BCUT2D eigenvalue weighted by molar-refractivity contribution is 5.90. The molecule has 0 saturated carbocycles. The Kier molecular flexibility index (Phi) is 5.29. The summed E-state index contributed by atoms with van der Waals surface area (Å²) in [7, 11) is 0. The van der Waals surface area contributed by atoms with Crippen LogP contribution in [-0.4, -0.2) is 33.8 Å². The number of amides is 1. The van der Waals surface area contributed by atoms with Gasteiger partial charge >= 0.3 is 0 Å². The van der Waals surface area contributed by atoms with Gasteiger partial charge in [-0.05, 0) is 40.6 Å². The Morgan fingerprint density at radius 1 is 0.857 bits per heavy atom. The molecule has 4 aromatic rings. The van der Waals surface area contributed by atoms with Crippen LogP contribution in [0.3, 0.4) is 0 Å². The molecule has 0 fully saturated rings. The van der Waals surface area contributed by atoms with Gasteiger partial charge in [0.2, 0.25) is 5.91 Å². The summed E-state index contributed by atoms with van der Waals surface area (Å²) < 4.78 is 1.89. The van der Waals surface area contributed by atoms with Crippen molar-refractivity contribution in [2.24, 2.45) is 0 Å². The number of rotatable bonds is 7. The number of fused-ring (bicyclic) bond motifs is 1. The second-order valence-corrected chi connectivity index (χ2v) is 6.46. The molecule has 0 spiro atoms. The summed E-state index contributed by atoms with van der Waals surface area (Å²) in [6.45, 7) is 1.10. The molecule has 0 aliphatic heterocycles. The first-order valence-corrected chi connectivity index (χ1v) is 9.24. The number of anilines is 1. The highest BCUT2D eigenvalue weighted by atomic mass is 16.1. The van der Waals surface area contributed by atoms with Crippen molar-refractivity contribution in [3.05, 3.63) is 84.7 Å². The fourth-order valence-corrected chi connectivity index (χ4v) is 3.12. The summed E-state index contributed by atoms with van der Waals surface area (Å²) in [5.74, 6) is 1.45. The van der Waals surface area contributed by atoms with E-state index >= 15 is 0 Å². The predicted molar refractivity (Wildman–Crippen MR) is 111 cm³/mol. The molecule has 1 amide bonds. The van der Waals surface area contributed by atoms with Gasteiger partial charge in [-0.1, -0.05) is 42.5 Å². The number of nitrogens with zero attached hydrogens (tertiary/aromatic N) is 3. The first kappa shape index (κ1) is 17.7. The zero-order valence-corrected chi connectivity index (χ0v) is 15.4. The summed E-state index contributed by atoms with van der Waals surface area (Å²) in [6, 6.07) is 21.8. The average molecular weight is 371 g/mol. The molecule has 2 aromatic heterocycles. The lowest BCUT2D eigenvalue weighted by atomic mass is 10.0. The monoisotopic (exact) mass is 371 g/mol. The third kappa shape index (κ3) is 4.17. The van der Waals surface area contributed by atoms with Crippen LogP contribution in [0.25, 0.3) is 16.6 Å². The molecule has 0 bridgehead atoms. The first-order valence-electron chi connectivity index (χ1n) is 9.24. The van der Waals surface area contributed by atoms with Gasteiger partial charge in [-0.3, -0.25) is 4.79 Å². The fourth-order valence-electron chi connectivity index (χ4n) is 3.12. The summed E-state index contributed by atoms with van der Waals surface area (Å²) in [5.41, 5.74) is 1.04. The van der Waals surface area contributed by atoms with Crippen molar-refractivity contribution in [3.8, 4) is 5.82 Å². The molecule has 0 aliphatic rings. The van der Waals surface area contributed by atoms with Crippen molar-refractivity contribution in [2.75, 3.05) is 18.4 Å². The van der Waals surface area contributed by atoms with Gasteiger partial charge in [0, 0.05) is 25.5 Å². The molecule has 2 aromatic carbocycles. The van der Waals surface area contributed by atoms with Gasteiger partial charge < -0.3 is 15.2 Å². The van der Waals surface area contributed by atoms with Gasteiger partial charge in [0.15, 0.2) is 5.82 Å². The third-order valence-electron chi connectivity index (χ3n) is 4.50. The SMILES string of the molecule is O=C(Cc1cccc2ccccc12)NCCNc1ccc(-n2cccc2)nn1. The number of nitrogens with one attached hydrogen (secondary N) is 2. The molecule has 140 valence electrons. The predicted octanol–water partition coefficient (Wildman–Crippen LogP) is 3.19. The van der Waals surface area contributed by atoms with Crippen molar-refractivity contribution in [3.63, 3.8) is 0 Å². The van der Waals surface area contributed by atoms with Gasteiger partial charge in [-0.25, -0.2) is 0 Å². The third-order valence-corrected chi connectivity index (χ3v) is 4.50. The standard InChI is InChI=1S/C22H21N5O/c28-22(16-18-8-5-7-17-6-1-2-9-19(17)18)24-13-12-23-20-10-11-21(26-25-20)27-14-3-4-15-27/h1-11,14-15H,12-13,16H2,(H,23,25)(H,24,28). The highest BCUT2D eigenvalue weighted by Gasteiger charge is 2.06. The quantitative estimate of drug-likeness (QED) is 0.490. The van der Waals surface area contributed by atoms with Crippen LogP contribution in [0.4, 0.5) is 5.82 Å². The van der Waals surface area contributed by atoms with Crippen molar-refractivity contribution in [1.82, 2.24) is 20.1 Å². The van der Waals surface area contributed by atoms with Gasteiger partial charge in [0.25, 0.3) is 0 Å². The molecule has 28 heavy (non-hydrogen) atoms. The maximum atomic E-state index is 12.3. The smallest absolute Gasteiger partial charge is 0.224 e. The van der Waals surface area contributed by atoms with Crippen LogP contribution in [0.15, 0.2) is 79.1 Å². The molecule has 0 unspecified atom stereocenters. The van der Waals surface area contributed by atoms with E-state index in [1.165, 1.54) is 0 Å². The minimum atomic E-state index is 0.00666. The zero-order chi connectivity index (χ0) is 19.2. The Hall–Kier alpha value is -3.67. The maximum Gasteiger partial charge on any atom is 0.224 e. The van der Waals surface area contributed by atoms with E-state index in [0.29, 0.717) is 25.3 Å². The topological polar surface area (TPSA) is 71.8 Å². The zero-order valence-electron chi connectivity index (χ0n) is 15.4. The van der Waals surface area contributed by atoms with E-state index in [1.807, 2.05) is 65.5 Å². The van der Waals surface area contributed by atoms with Crippen LogP contribution in [0.2, 0.25) is 0 Å². The molecule has 0 aliphatic carbocycles. The largest absolute Gasteiger partial charge is 0.367 e. The molecule has 4 rings (SSSR count). The van der Waals surface area contributed by atoms with Crippen molar-refractivity contribution in [1.29, 1.82) is 0 Å². The Morgan fingerprint density at radius 3 is 2.50 bits per heavy atom. The molecule has 2 heterocycles. The highest BCUT2D eigenvalue weighted by Crippen LogP contribution is 2.18. The number of hydrogen-bond acceptors (Lipinski definition) is 4. The molecule has 0 atom stereocenters. The van der Waals surface area contributed by atoms with Gasteiger partial charge in [-0.2, -0.15) is 0 Å². The van der Waals surface area contributed by atoms with Crippen LogP contribution in [-0.2, 0) is 11.2 Å². The Balaban J connectivity index is 1.25. The van der Waals surface area contributed by atoms with E-state index in [4.69, 9.17) is 0 Å². The molecular formula is C22H21N5O. The Morgan fingerprint density at radius 2 is 1.68 bits per heavy atom. The number of benzene rings is 2. The molecule has 0 radical (unpaired) electrons. The van der Waals surface area contributed by atoms with E-state index in [9.17, 15) is 4.79 Å². The lowest BCUT2D eigenvalue weighted by Gasteiger charge is -2.09. The van der Waals surface area contributed by atoms with Gasteiger partial charge in [-0.15, -0.1) is 10.2 Å². The summed E-state index contributed by atoms with van der Waals surface area (Å²) in [5, 5.41) is 16.7. The molecular weight excluding hydrogens is 350 g/mol. The van der Waals surface area contributed by atoms with Gasteiger partial charge in [0.05, 0.1) is 6.42 Å². The number of hydrogen-bond donors (Lipinski definition) is 2. The van der Waals surface area contributed by atoms with Crippen molar-refractivity contribution >= 4 is 22.5 Å². The van der Waals surface area contributed by atoms with E-state index in [2.05, 4.69) is 39.0 Å². The lowest BCUT2D eigenvalue weighted by molar-refractivity contribution is -0.120. The average Bonchev–Trinajstić information content (AvgIpc) is 3.27. The van der Waals surface area contributed by atoms with Crippen molar-refractivity contribution in [2.45, 2.75) is 6.42 Å². The molecule has 2 N–H and O–H groups in total. The summed E-state index contributed by atoms with van der Waals surface area (Å²) in [6.07, 6.45) is 4.21. The fraction of sp³-hybridized carbons (Fsp3) is 0.136. The second-order valence-electron chi connectivity index (χ2n) is 6.46. The minimum absolute atomic E-state index is 0.00666. The van der Waals surface area contributed by atoms with E-state index in [-0.39, 0.29) is 5.91 Å². The van der Waals surface area contributed by atoms with E-state index in [1.54, 1.807) is 0 Å². The summed E-state index contributed by atoms with van der Waals surface area (Å²) >= 11 is 0. The van der Waals surface area contributed by atoms with E-state index in [0.717, 1.165) is 22.2 Å². The lowest BCUT2D eigenvalue weighted by Crippen LogP contribution is -2.30. The molecule has 0 saturated heterocycles. The van der Waals surface area contributed by atoms with Crippen LogP contribution >= 0.6 is 0 Å². The number of carbonyl (C=O) groups is 1. The Bertz CT molecular complexity index is 1050. The number of aromatic nitrogens is 3.